The van der Waals surface area contributed by atoms with Crippen LogP contribution in [0.1, 0.15) is 5.56 Å². The monoisotopic (exact) mass is 213 g/mol. The quantitative estimate of drug-likeness (QED) is 0.697. The fraction of sp³-hybridized carbons (Fsp3) is 0. The van der Waals surface area contributed by atoms with E-state index in [2.05, 4.69) is 10.9 Å². The molecule has 0 aliphatic carbocycles. The molecule has 0 spiro atoms. The Hall–Kier alpha value is -2.45. The largest absolute Gasteiger partial charge is 0.426 e. The van der Waals surface area contributed by atoms with Crippen molar-refractivity contribution in [3.63, 3.8) is 0 Å². The first-order valence-corrected chi connectivity index (χ1v) is 4.72. The summed E-state index contributed by atoms with van der Waals surface area (Å²) in [5.41, 5.74) is 0.247. The zero-order chi connectivity index (χ0) is 11.4. The molecule has 4 nitrogen and oxygen atoms in total. The van der Waals surface area contributed by atoms with Gasteiger partial charge in [-0.15, -0.1) is 0 Å². The zero-order valence-electron chi connectivity index (χ0n) is 8.38. The first-order chi connectivity index (χ1) is 7.77. The maximum Gasteiger partial charge on any atom is 0.426 e. The number of rotatable bonds is 1. The van der Waals surface area contributed by atoms with Crippen molar-refractivity contribution in [3.05, 3.63) is 58.7 Å². The van der Waals surface area contributed by atoms with E-state index < -0.39 is 0 Å². The smallest absolute Gasteiger partial charge is 0.329 e. The van der Waals surface area contributed by atoms with E-state index in [0.29, 0.717) is 5.56 Å². The van der Waals surface area contributed by atoms with Crippen molar-refractivity contribution >= 4 is 17.9 Å². The van der Waals surface area contributed by atoms with Crippen LogP contribution in [0.5, 0.6) is 0 Å². The number of pyridine rings is 1. The highest BCUT2D eigenvalue weighted by Gasteiger charge is 2.11. The molecule has 0 unspecified atom stereocenters. The van der Waals surface area contributed by atoms with Crippen LogP contribution in [0, 0.1) is 0 Å². The predicted molar refractivity (Wildman–Crippen MR) is 60.1 cm³/mol. The van der Waals surface area contributed by atoms with Gasteiger partial charge in [0.2, 0.25) is 0 Å². The second kappa shape index (κ2) is 4.38. The summed E-state index contributed by atoms with van der Waals surface area (Å²) in [6, 6.07) is 3.36. The van der Waals surface area contributed by atoms with Crippen molar-refractivity contribution in [1.82, 2.24) is 4.98 Å². The number of carbonyl (C=O) groups is 1. The van der Waals surface area contributed by atoms with Gasteiger partial charge < -0.3 is 4.98 Å². The SMILES string of the molecule is O=C1C=CC=C[N+]1=C=Cc1ccc[nH]c1=O. The van der Waals surface area contributed by atoms with Crippen LogP contribution in [0.25, 0.3) is 6.08 Å². The number of aromatic nitrogens is 1. The molecular formula is C12H9N2O2+. The summed E-state index contributed by atoms with van der Waals surface area (Å²) in [7, 11) is 0. The van der Waals surface area contributed by atoms with Crippen LogP contribution in [0.3, 0.4) is 0 Å². The lowest BCUT2D eigenvalue weighted by atomic mass is 10.3. The summed E-state index contributed by atoms with van der Waals surface area (Å²) in [6.45, 7) is 0. The van der Waals surface area contributed by atoms with E-state index in [0.717, 1.165) is 0 Å². The molecule has 0 aromatic carbocycles. The van der Waals surface area contributed by atoms with Crippen molar-refractivity contribution in [2.45, 2.75) is 0 Å². The molecule has 16 heavy (non-hydrogen) atoms. The number of allylic oxidation sites excluding steroid dienone is 2. The third-order valence-electron chi connectivity index (χ3n) is 2.03. The summed E-state index contributed by atoms with van der Waals surface area (Å²) < 4.78 is 1.28. The molecule has 1 aliphatic heterocycles. The molecule has 1 amide bonds. The number of aromatic amines is 1. The molecule has 0 atom stereocenters. The number of H-pyrrole nitrogens is 1. The van der Waals surface area contributed by atoms with Crippen LogP contribution in [-0.4, -0.2) is 21.3 Å². The number of nitrogens with zero attached hydrogens (tertiary/aromatic N) is 1. The van der Waals surface area contributed by atoms with Gasteiger partial charge in [0.15, 0.2) is 12.1 Å². The highest BCUT2D eigenvalue weighted by atomic mass is 16.2. The van der Waals surface area contributed by atoms with Gasteiger partial charge in [-0.25, -0.2) is 4.79 Å². The second-order valence-corrected chi connectivity index (χ2v) is 3.14. The van der Waals surface area contributed by atoms with Gasteiger partial charge >= 0.3 is 5.91 Å². The van der Waals surface area contributed by atoms with Crippen LogP contribution in [0.2, 0.25) is 0 Å². The number of carbonyl (C=O) groups excluding carboxylic acids is 1. The minimum Gasteiger partial charge on any atom is -0.329 e. The lowest BCUT2D eigenvalue weighted by Crippen LogP contribution is -2.14. The fourth-order valence-corrected chi connectivity index (χ4v) is 1.22. The molecule has 0 radical (unpaired) electrons. The minimum atomic E-state index is -0.209. The van der Waals surface area contributed by atoms with Gasteiger partial charge in [0.25, 0.3) is 5.56 Å². The van der Waals surface area contributed by atoms with E-state index in [1.54, 1.807) is 36.7 Å². The first-order valence-electron chi connectivity index (χ1n) is 4.72. The summed E-state index contributed by atoms with van der Waals surface area (Å²) in [5.74, 6) is 2.54. The Morgan fingerprint density at radius 2 is 2.19 bits per heavy atom. The van der Waals surface area contributed by atoms with Gasteiger partial charge in [-0.05, 0) is 18.2 Å². The van der Waals surface area contributed by atoms with Gasteiger partial charge in [0.1, 0.15) is 0 Å². The van der Waals surface area contributed by atoms with Gasteiger partial charge in [-0.1, -0.05) is 4.58 Å². The van der Waals surface area contributed by atoms with Crippen LogP contribution < -0.4 is 5.56 Å². The molecule has 2 heterocycles. The van der Waals surface area contributed by atoms with Crippen molar-refractivity contribution in [2.75, 3.05) is 0 Å². The van der Waals surface area contributed by atoms with E-state index in [1.165, 1.54) is 16.7 Å². The predicted octanol–water partition coefficient (Wildman–Crippen LogP) is 0.680. The second-order valence-electron chi connectivity index (χ2n) is 3.14. The Morgan fingerprint density at radius 3 is 2.94 bits per heavy atom. The Kier molecular flexibility index (Phi) is 2.76. The molecule has 1 aromatic heterocycles. The third kappa shape index (κ3) is 2.13. The van der Waals surface area contributed by atoms with Crippen LogP contribution in [0.15, 0.2) is 47.6 Å². The Labute approximate surface area is 91.6 Å². The Balaban J connectivity index is 2.41. The highest BCUT2D eigenvalue weighted by Crippen LogP contribution is 1.93. The number of hydrogen-bond donors (Lipinski definition) is 1. The van der Waals surface area contributed by atoms with Crippen molar-refractivity contribution in [2.24, 2.45) is 0 Å². The average Bonchev–Trinajstić information content (AvgIpc) is 2.30. The Morgan fingerprint density at radius 1 is 1.31 bits per heavy atom. The number of hydrogen-bond acceptors (Lipinski definition) is 2. The number of nitrogens with one attached hydrogen (secondary N) is 1. The maximum absolute atomic E-state index is 11.3. The molecule has 1 N–H and O–H groups in total. The van der Waals surface area contributed by atoms with E-state index in [-0.39, 0.29) is 11.5 Å². The van der Waals surface area contributed by atoms with Crippen molar-refractivity contribution < 1.29 is 9.37 Å². The lowest BCUT2D eigenvalue weighted by Gasteiger charge is -1.89. The molecule has 0 bridgehead atoms. The standard InChI is InChI=1S/C12H8N2O2/c15-11-5-1-2-8-14(11)9-6-10-4-3-7-13-12(10)16/h1-8H/p+1. The highest BCUT2D eigenvalue weighted by molar-refractivity contribution is 5.86. The van der Waals surface area contributed by atoms with Crippen LogP contribution in [0.4, 0.5) is 0 Å². The number of amides is 1. The zero-order valence-corrected chi connectivity index (χ0v) is 8.38. The van der Waals surface area contributed by atoms with Crippen molar-refractivity contribution in [3.8, 4) is 0 Å². The summed E-state index contributed by atoms with van der Waals surface area (Å²) in [4.78, 5) is 25.2. The normalized spacial score (nSPS) is 13.8. The molecule has 1 aromatic rings. The maximum atomic E-state index is 11.3. The minimum absolute atomic E-state index is 0.189. The fourth-order valence-electron chi connectivity index (χ4n) is 1.22. The summed E-state index contributed by atoms with van der Waals surface area (Å²) in [5, 5.41) is 0. The van der Waals surface area contributed by atoms with E-state index in [9.17, 15) is 9.59 Å². The molecule has 1 aliphatic rings. The van der Waals surface area contributed by atoms with E-state index in [4.69, 9.17) is 0 Å². The topological polar surface area (TPSA) is 52.9 Å². The van der Waals surface area contributed by atoms with Gasteiger partial charge in [-0.3, -0.25) is 4.79 Å². The van der Waals surface area contributed by atoms with Gasteiger partial charge in [-0.2, -0.15) is 0 Å². The average molecular weight is 213 g/mol. The lowest BCUT2D eigenvalue weighted by molar-refractivity contribution is -0.369. The molecule has 0 saturated carbocycles. The van der Waals surface area contributed by atoms with Crippen LogP contribution in [-0.2, 0) is 4.79 Å². The van der Waals surface area contributed by atoms with E-state index in [1.807, 2.05) is 0 Å². The molecule has 0 fully saturated rings. The summed E-state index contributed by atoms with van der Waals surface area (Å²) >= 11 is 0. The van der Waals surface area contributed by atoms with Crippen molar-refractivity contribution in [1.29, 1.82) is 0 Å². The molecule has 0 saturated heterocycles. The Bertz CT molecular complexity index is 599. The molecule has 4 heteroatoms. The van der Waals surface area contributed by atoms with Gasteiger partial charge in [0, 0.05) is 12.3 Å². The molecular weight excluding hydrogens is 204 g/mol. The third-order valence-corrected chi connectivity index (χ3v) is 2.03. The summed E-state index contributed by atoms with van der Waals surface area (Å²) in [6.07, 6.45) is 9.40. The van der Waals surface area contributed by atoms with Crippen LogP contribution >= 0.6 is 0 Å². The molecule has 2 rings (SSSR count). The van der Waals surface area contributed by atoms with E-state index >= 15 is 0 Å². The molecule has 78 valence electrons. The first kappa shape index (κ1) is 10.1. The van der Waals surface area contributed by atoms with Gasteiger partial charge in [0.05, 0.1) is 17.7 Å².